The normalized spacial score (nSPS) is 10.6. The van der Waals surface area contributed by atoms with Crippen molar-refractivity contribution in [2.24, 2.45) is 7.05 Å². The molecule has 2 rings (SSSR count). The van der Waals surface area contributed by atoms with Gasteiger partial charge >= 0.3 is 0 Å². The number of hydrogen-bond acceptors (Lipinski definition) is 2. The van der Waals surface area contributed by atoms with E-state index in [1.807, 2.05) is 0 Å². The van der Waals surface area contributed by atoms with Crippen molar-refractivity contribution in [3.63, 3.8) is 0 Å². The van der Waals surface area contributed by atoms with E-state index in [-0.39, 0.29) is 11.6 Å². The third-order valence-corrected chi connectivity index (χ3v) is 2.92. The first-order valence-electron chi connectivity index (χ1n) is 4.82. The maximum Gasteiger partial charge on any atom is 0.147 e. The van der Waals surface area contributed by atoms with Crippen molar-refractivity contribution in [2.75, 3.05) is 0 Å². The van der Waals surface area contributed by atoms with E-state index in [0.29, 0.717) is 16.7 Å². The summed E-state index contributed by atoms with van der Waals surface area (Å²) >= 11 is 11.7. The minimum Gasteiger partial charge on any atom is -0.484 e. The van der Waals surface area contributed by atoms with Gasteiger partial charge in [-0.1, -0.05) is 23.2 Å². The van der Waals surface area contributed by atoms with Gasteiger partial charge in [-0.2, -0.15) is 0 Å². The monoisotopic (exact) mass is 274 g/mol. The topological polar surface area (TPSA) is 27.1 Å². The van der Waals surface area contributed by atoms with E-state index in [1.165, 1.54) is 24.4 Å². The molecule has 90 valence electrons. The number of rotatable bonds is 3. The first-order valence-corrected chi connectivity index (χ1v) is 5.57. The van der Waals surface area contributed by atoms with Gasteiger partial charge in [0.05, 0.1) is 11.2 Å². The molecule has 3 nitrogen and oxygen atoms in total. The zero-order chi connectivity index (χ0) is 12.4. The van der Waals surface area contributed by atoms with Crippen LogP contribution in [0.3, 0.4) is 0 Å². The molecule has 6 heteroatoms. The summed E-state index contributed by atoms with van der Waals surface area (Å²) in [5, 5.41) is 0.749. The fourth-order valence-corrected chi connectivity index (χ4v) is 1.66. The van der Waals surface area contributed by atoms with Gasteiger partial charge in [0.15, 0.2) is 0 Å². The van der Waals surface area contributed by atoms with Gasteiger partial charge in [0.2, 0.25) is 0 Å². The first kappa shape index (κ1) is 12.2. The van der Waals surface area contributed by atoms with Gasteiger partial charge in [-0.05, 0) is 18.2 Å². The molecule has 17 heavy (non-hydrogen) atoms. The van der Waals surface area contributed by atoms with E-state index < -0.39 is 5.82 Å². The van der Waals surface area contributed by atoms with Crippen LogP contribution in [0.25, 0.3) is 0 Å². The lowest BCUT2D eigenvalue weighted by molar-refractivity contribution is 0.291. The van der Waals surface area contributed by atoms with Gasteiger partial charge in [0.1, 0.15) is 29.2 Å². The second-order valence-electron chi connectivity index (χ2n) is 3.42. The number of nitrogens with zero attached hydrogens (tertiary/aromatic N) is 2. The molecule has 0 N–H and O–H groups in total. The molecule has 2 aromatic rings. The maximum absolute atomic E-state index is 12.8. The van der Waals surface area contributed by atoms with Crippen molar-refractivity contribution in [3.8, 4) is 5.75 Å². The average molecular weight is 275 g/mol. The van der Waals surface area contributed by atoms with Crippen LogP contribution in [0.15, 0.2) is 24.4 Å². The molecular formula is C11H9Cl2FN2O. The Morgan fingerprint density at radius 2 is 2.18 bits per heavy atom. The van der Waals surface area contributed by atoms with Crippen LogP contribution >= 0.6 is 23.2 Å². The van der Waals surface area contributed by atoms with Crippen LogP contribution in [0.1, 0.15) is 5.82 Å². The molecule has 1 aromatic heterocycles. The summed E-state index contributed by atoms with van der Waals surface area (Å²) in [4.78, 5) is 4.07. The van der Waals surface area contributed by atoms with E-state index in [0.717, 1.165) is 0 Å². The molecular weight excluding hydrogens is 266 g/mol. The van der Waals surface area contributed by atoms with Gasteiger partial charge in [0, 0.05) is 7.05 Å². The molecule has 0 unspecified atom stereocenters. The van der Waals surface area contributed by atoms with Gasteiger partial charge < -0.3 is 9.30 Å². The lowest BCUT2D eigenvalue weighted by Gasteiger charge is -2.08. The fourth-order valence-electron chi connectivity index (χ4n) is 1.29. The van der Waals surface area contributed by atoms with Crippen LogP contribution < -0.4 is 4.74 Å². The van der Waals surface area contributed by atoms with E-state index in [1.54, 1.807) is 11.6 Å². The van der Waals surface area contributed by atoms with Crippen LogP contribution in [0, 0.1) is 5.82 Å². The van der Waals surface area contributed by atoms with E-state index >= 15 is 0 Å². The average Bonchev–Trinajstić information content (AvgIpc) is 2.59. The third-order valence-electron chi connectivity index (χ3n) is 2.28. The fraction of sp³-hybridized carbons (Fsp3) is 0.182. The molecule has 0 saturated carbocycles. The minimum atomic E-state index is -0.401. The molecule has 0 spiro atoms. The summed E-state index contributed by atoms with van der Waals surface area (Å²) in [5.41, 5.74) is 0. The molecule has 0 radical (unpaired) electrons. The van der Waals surface area contributed by atoms with Crippen LogP contribution in [-0.4, -0.2) is 9.55 Å². The Balaban J connectivity index is 2.10. The van der Waals surface area contributed by atoms with Gasteiger partial charge in [-0.15, -0.1) is 0 Å². The Morgan fingerprint density at radius 3 is 2.76 bits per heavy atom. The lowest BCUT2D eigenvalue weighted by Crippen LogP contribution is -2.03. The summed E-state index contributed by atoms with van der Waals surface area (Å²) in [6.07, 6.45) is 1.53. The third kappa shape index (κ3) is 2.70. The Bertz CT molecular complexity index is 542. The predicted molar refractivity (Wildman–Crippen MR) is 64.0 cm³/mol. The van der Waals surface area contributed by atoms with E-state index in [2.05, 4.69) is 4.98 Å². The number of imidazole rings is 1. The Morgan fingerprint density at radius 1 is 1.41 bits per heavy atom. The highest BCUT2D eigenvalue weighted by Crippen LogP contribution is 2.25. The highest BCUT2D eigenvalue weighted by atomic mass is 35.5. The zero-order valence-electron chi connectivity index (χ0n) is 8.95. The van der Waals surface area contributed by atoms with Gasteiger partial charge in [-0.3, -0.25) is 0 Å². The number of ether oxygens (including phenoxy) is 1. The van der Waals surface area contributed by atoms with Crippen molar-refractivity contribution in [1.29, 1.82) is 0 Å². The maximum atomic E-state index is 12.8. The molecule has 0 atom stereocenters. The summed E-state index contributed by atoms with van der Waals surface area (Å²) in [7, 11) is 1.78. The largest absolute Gasteiger partial charge is 0.484 e. The number of aromatic nitrogens is 2. The first-order chi connectivity index (χ1) is 8.08. The van der Waals surface area contributed by atoms with Crippen molar-refractivity contribution in [3.05, 3.63) is 46.2 Å². The molecule has 0 fully saturated rings. The highest BCUT2D eigenvalue weighted by molar-refractivity contribution is 6.32. The molecule has 0 aliphatic heterocycles. The van der Waals surface area contributed by atoms with E-state index in [4.69, 9.17) is 27.9 Å². The Hall–Kier alpha value is -1.26. The molecule has 0 saturated heterocycles. The quantitative estimate of drug-likeness (QED) is 0.857. The summed E-state index contributed by atoms with van der Waals surface area (Å²) in [5.74, 6) is 0.671. The molecule has 0 amide bonds. The standard InChI is InChI=1S/C11H9Cl2FN2O/c1-16-10(13)5-15-11(16)6-17-9-3-2-7(14)4-8(9)12/h2-5H,6H2,1H3. The molecule has 1 aromatic carbocycles. The van der Waals surface area contributed by atoms with Gasteiger partial charge in [0.25, 0.3) is 0 Å². The van der Waals surface area contributed by atoms with Crippen LogP contribution in [0.2, 0.25) is 10.2 Å². The number of hydrogen-bond donors (Lipinski definition) is 0. The summed E-state index contributed by atoms with van der Waals surface area (Å²) in [6, 6.07) is 3.96. The number of halogens is 3. The molecule has 0 aliphatic rings. The van der Waals surface area contributed by atoms with Crippen LogP contribution in [0.5, 0.6) is 5.75 Å². The van der Waals surface area contributed by atoms with E-state index in [9.17, 15) is 4.39 Å². The summed E-state index contributed by atoms with van der Waals surface area (Å²) in [6.45, 7) is 0.217. The van der Waals surface area contributed by atoms with Gasteiger partial charge in [-0.25, -0.2) is 9.37 Å². The van der Waals surface area contributed by atoms with Crippen molar-refractivity contribution in [2.45, 2.75) is 6.61 Å². The number of benzene rings is 1. The van der Waals surface area contributed by atoms with Crippen molar-refractivity contribution in [1.82, 2.24) is 9.55 Å². The Labute approximate surface area is 108 Å². The zero-order valence-corrected chi connectivity index (χ0v) is 10.5. The van der Waals surface area contributed by atoms with Crippen molar-refractivity contribution >= 4 is 23.2 Å². The SMILES string of the molecule is Cn1c(Cl)cnc1COc1ccc(F)cc1Cl. The minimum absolute atomic E-state index is 0.217. The predicted octanol–water partition coefficient (Wildman–Crippen LogP) is 3.45. The molecule has 0 bridgehead atoms. The summed E-state index contributed by atoms with van der Waals surface area (Å²) < 4.78 is 19.9. The van der Waals surface area contributed by atoms with Crippen molar-refractivity contribution < 1.29 is 9.13 Å². The molecule has 1 heterocycles. The van der Waals surface area contributed by atoms with Crippen LogP contribution in [-0.2, 0) is 13.7 Å². The van der Waals surface area contributed by atoms with Crippen LogP contribution in [0.4, 0.5) is 4.39 Å². The smallest absolute Gasteiger partial charge is 0.147 e. The molecule has 0 aliphatic carbocycles. The lowest BCUT2D eigenvalue weighted by atomic mass is 10.3. The Kier molecular flexibility index (Phi) is 3.54. The second kappa shape index (κ2) is 4.94. The highest BCUT2D eigenvalue weighted by Gasteiger charge is 2.07. The second-order valence-corrected chi connectivity index (χ2v) is 4.21.